The van der Waals surface area contributed by atoms with E-state index < -0.39 is 0 Å². The number of halogens is 1. The zero-order chi connectivity index (χ0) is 15.9. The summed E-state index contributed by atoms with van der Waals surface area (Å²) in [5.41, 5.74) is 2.34. The molecule has 0 saturated heterocycles. The number of nitrogens with zero attached hydrogens (tertiary/aromatic N) is 1. The van der Waals surface area contributed by atoms with Crippen LogP contribution in [-0.2, 0) is 4.79 Å². The zero-order valence-corrected chi connectivity index (χ0v) is 13.7. The van der Waals surface area contributed by atoms with Crippen molar-refractivity contribution in [3.05, 3.63) is 77.0 Å². The SMILES string of the molecule is CC/C1=C/C=C/CC=C/C(Cl)=C(\C)C(=O)N1c1ccccc1. The molecule has 1 aromatic carbocycles. The molecule has 0 bridgehead atoms. The van der Waals surface area contributed by atoms with Gasteiger partial charge in [-0.2, -0.15) is 0 Å². The summed E-state index contributed by atoms with van der Waals surface area (Å²) in [6, 6.07) is 9.66. The Morgan fingerprint density at radius 3 is 2.59 bits per heavy atom. The molecule has 22 heavy (non-hydrogen) atoms. The van der Waals surface area contributed by atoms with Crippen molar-refractivity contribution in [3.63, 3.8) is 0 Å². The van der Waals surface area contributed by atoms with Gasteiger partial charge in [-0.1, -0.05) is 55.0 Å². The number of benzene rings is 1. The topological polar surface area (TPSA) is 20.3 Å². The molecule has 2 rings (SSSR count). The predicted molar refractivity (Wildman–Crippen MR) is 93.8 cm³/mol. The van der Waals surface area contributed by atoms with Gasteiger partial charge in [-0.15, -0.1) is 0 Å². The molecule has 3 heteroatoms. The van der Waals surface area contributed by atoms with Crippen molar-refractivity contribution in [1.82, 2.24) is 0 Å². The highest BCUT2D eigenvalue weighted by Gasteiger charge is 2.21. The predicted octanol–water partition coefficient (Wildman–Crippen LogP) is 5.34. The summed E-state index contributed by atoms with van der Waals surface area (Å²) < 4.78 is 0. The number of hydrogen-bond donors (Lipinski definition) is 0. The van der Waals surface area contributed by atoms with E-state index in [1.165, 1.54) is 0 Å². The van der Waals surface area contributed by atoms with Crippen molar-refractivity contribution in [2.75, 3.05) is 4.90 Å². The molecule has 0 N–H and O–H groups in total. The van der Waals surface area contributed by atoms with Gasteiger partial charge in [-0.05, 0) is 44.1 Å². The Kier molecular flexibility index (Phi) is 5.79. The first-order chi connectivity index (χ1) is 10.6. The lowest BCUT2D eigenvalue weighted by molar-refractivity contribution is -0.114. The Bertz CT molecular complexity index is 653. The minimum absolute atomic E-state index is 0.0933. The average molecular weight is 314 g/mol. The molecule has 1 aliphatic heterocycles. The maximum absolute atomic E-state index is 12.9. The normalized spacial score (nSPS) is 23.7. The minimum Gasteiger partial charge on any atom is -0.281 e. The number of hydrogen-bond acceptors (Lipinski definition) is 1. The van der Waals surface area contributed by atoms with Gasteiger partial charge in [0.25, 0.3) is 5.91 Å². The van der Waals surface area contributed by atoms with Gasteiger partial charge in [0.1, 0.15) is 0 Å². The number of allylic oxidation sites excluding steroid dienone is 7. The van der Waals surface area contributed by atoms with Crippen LogP contribution >= 0.6 is 11.6 Å². The molecule has 1 aromatic rings. The van der Waals surface area contributed by atoms with E-state index in [-0.39, 0.29) is 5.91 Å². The summed E-state index contributed by atoms with van der Waals surface area (Å²) in [6.07, 6.45) is 11.3. The van der Waals surface area contributed by atoms with E-state index in [4.69, 9.17) is 11.6 Å². The van der Waals surface area contributed by atoms with E-state index in [1.54, 1.807) is 17.9 Å². The molecule has 2 nitrogen and oxygen atoms in total. The average Bonchev–Trinajstić information content (AvgIpc) is 2.57. The van der Waals surface area contributed by atoms with Gasteiger partial charge < -0.3 is 0 Å². The van der Waals surface area contributed by atoms with Crippen molar-refractivity contribution in [1.29, 1.82) is 0 Å². The number of para-hydroxylation sites is 1. The third-order valence-electron chi connectivity index (χ3n) is 3.51. The molecule has 0 radical (unpaired) electrons. The van der Waals surface area contributed by atoms with Crippen LogP contribution in [0.1, 0.15) is 26.7 Å². The number of carbonyl (C=O) groups is 1. The Labute approximate surface area is 137 Å². The van der Waals surface area contributed by atoms with Crippen LogP contribution in [0.2, 0.25) is 0 Å². The fraction of sp³-hybridized carbons (Fsp3) is 0.211. The Morgan fingerprint density at radius 1 is 1.18 bits per heavy atom. The third kappa shape index (κ3) is 3.77. The number of anilines is 1. The molecule has 0 aromatic heterocycles. The first-order valence-corrected chi connectivity index (χ1v) is 7.81. The summed E-state index contributed by atoms with van der Waals surface area (Å²) in [7, 11) is 0. The largest absolute Gasteiger partial charge is 0.281 e. The van der Waals surface area contributed by atoms with Crippen molar-refractivity contribution in [2.45, 2.75) is 26.7 Å². The van der Waals surface area contributed by atoms with E-state index >= 15 is 0 Å². The van der Waals surface area contributed by atoms with Crippen molar-refractivity contribution in [2.24, 2.45) is 0 Å². The van der Waals surface area contributed by atoms with Crippen molar-refractivity contribution in [3.8, 4) is 0 Å². The van der Waals surface area contributed by atoms with Crippen LogP contribution in [0.3, 0.4) is 0 Å². The van der Waals surface area contributed by atoms with Crippen molar-refractivity contribution < 1.29 is 4.79 Å². The van der Waals surface area contributed by atoms with E-state index in [0.717, 1.165) is 24.2 Å². The van der Waals surface area contributed by atoms with Crippen LogP contribution < -0.4 is 4.90 Å². The molecule has 1 heterocycles. The summed E-state index contributed by atoms with van der Waals surface area (Å²) in [5.74, 6) is -0.0933. The second kappa shape index (κ2) is 7.81. The van der Waals surface area contributed by atoms with Gasteiger partial charge >= 0.3 is 0 Å². The third-order valence-corrected chi connectivity index (χ3v) is 3.92. The highest BCUT2D eigenvalue weighted by atomic mass is 35.5. The summed E-state index contributed by atoms with van der Waals surface area (Å²) in [6.45, 7) is 3.81. The molecule has 1 amide bonds. The minimum atomic E-state index is -0.0933. The van der Waals surface area contributed by atoms with Gasteiger partial charge in [0.05, 0.1) is 0 Å². The highest BCUT2D eigenvalue weighted by molar-refractivity contribution is 6.34. The molecule has 0 saturated carbocycles. The quantitative estimate of drug-likeness (QED) is 0.721. The monoisotopic (exact) mass is 313 g/mol. The van der Waals surface area contributed by atoms with Gasteiger partial charge in [0, 0.05) is 22.0 Å². The second-order valence-corrected chi connectivity index (χ2v) is 5.43. The Balaban J connectivity index is 2.59. The molecule has 0 unspecified atom stereocenters. The molecule has 0 aliphatic carbocycles. The molecule has 114 valence electrons. The van der Waals surface area contributed by atoms with Crippen LogP contribution in [0.25, 0.3) is 0 Å². The van der Waals surface area contributed by atoms with Crippen LogP contribution in [0.4, 0.5) is 5.69 Å². The highest BCUT2D eigenvalue weighted by Crippen LogP contribution is 2.25. The first kappa shape index (κ1) is 16.3. The maximum atomic E-state index is 12.9. The molecule has 0 fully saturated rings. The molecular weight excluding hydrogens is 294 g/mol. The van der Waals surface area contributed by atoms with Gasteiger partial charge in [-0.25, -0.2) is 0 Å². The summed E-state index contributed by atoms with van der Waals surface area (Å²) in [5, 5.41) is 0.483. The zero-order valence-electron chi connectivity index (χ0n) is 12.9. The second-order valence-electron chi connectivity index (χ2n) is 5.03. The summed E-state index contributed by atoms with van der Waals surface area (Å²) in [4.78, 5) is 14.7. The van der Waals surface area contributed by atoms with Gasteiger partial charge in [-0.3, -0.25) is 9.69 Å². The van der Waals surface area contributed by atoms with Crippen molar-refractivity contribution >= 4 is 23.2 Å². The Hall–Kier alpha value is -2.06. The molecule has 0 spiro atoms. The van der Waals surface area contributed by atoms with Crippen LogP contribution in [0.5, 0.6) is 0 Å². The van der Waals surface area contributed by atoms with Crippen LogP contribution in [0.15, 0.2) is 77.0 Å². The molecule has 1 aliphatic rings. The van der Waals surface area contributed by atoms with E-state index in [2.05, 4.69) is 0 Å². The Morgan fingerprint density at radius 2 is 1.91 bits per heavy atom. The summed E-state index contributed by atoms with van der Waals surface area (Å²) >= 11 is 6.26. The lowest BCUT2D eigenvalue weighted by atomic mass is 10.1. The van der Waals surface area contributed by atoms with E-state index in [0.29, 0.717) is 10.6 Å². The van der Waals surface area contributed by atoms with E-state index in [1.807, 2.05) is 61.6 Å². The number of rotatable bonds is 2. The van der Waals surface area contributed by atoms with Crippen LogP contribution in [-0.4, -0.2) is 5.91 Å². The molecule has 0 atom stereocenters. The number of amides is 1. The van der Waals surface area contributed by atoms with Gasteiger partial charge in [0.2, 0.25) is 0 Å². The number of carbonyl (C=O) groups excluding carboxylic acids is 1. The fourth-order valence-electron chi connectivity index (χ4n) is 2.24. The first-order valence-electron chi connectivity index (χ1n) is 7.43. The lowest BCUT2D eigenvalue weighted by Crippen LogP contribution is -2.31. The smallest absolute Gasteiger partial charge is 0.259 e. The van der Waals surface area contributed by atoms with E-state index in [9.17, 15) is 4.79 Å². The molecular formula is C19H20ClNO. The van der Waals surface area contributed by atoms with Crippen LogP contribution in [0, 0.1) is 0 Å². The lowest BCUT2D eigenvalue weighted by Gasteiger charge is -2.25. The standard InChI is InChI=1S/C19H20ClNO/c1-3-16-11-7-4-5-10-14-18(20)15(2)19(22)21(16)17-12-8-6-9-13-17/h4,6-14H,3,5H2,1-2H3/b7-4+,14-10?,16-11-,18-15-. The maximum Gasteiger partial charge on any atom is 0.259 e. The fourth-order valence-corrected chi connectivity index (χ4v) is 2.41. The van der Waals surface area contributed by atoms with Gasteiger partial charge in [0.15, 0.2) is 0 Å².